The van der Waals surface area contributed by atoms with Crippen LogP contribution in [-0.4, -0.2) is 0 Å². The Kier molecular flexibility index (Phi) is 4.46. The molecule has 1 atom stereocenters. The van der Waals surface area contributed by atoms with E-state index in [4.69, 9.17) is 0 Å². The zero-order valence-electron chi connectivity index (χ0n) is 19.0. The van der Waals surface area contributed by atoms with Crippen molar-refractivity contribution in [3.63, 3.8) is 0 Å². The molecule has 0 radical (unpaired) electrons. The van der Waals surface area contributed by atoms with Gasteiger partial charge in [0.25, 0.3) is 0 Å². The molecule has 0 amide bonds. The van der Waals surface area contributed by atoms with Crippen molar-refractivity contribution in [2.45, 2.75) is 0 Å². The Morgan fingerprint density at radius 3 is 1.91 bits per heavy atom. The first-order valence-corrected chi connectivity index (χ1v) is 13.5. The lowest BCUT2D eigenvalue weighted by Crippen LogP contribution is -2.16. The molecule has 0 fully saturated rings. The van der Waals surface area contributed by atoms with Crippen molar-refractivity contribution in [1.29, 1.82) is 0 Å². The van der Waals surface area contributed by atoms with E-state index in [1.54, 1.807) is 0 Å². The van der Waals surface area contributed by atoms with Gasteiger partial charge in [-0.15, -0.1) is 0 Å². The molecule has 0 saturated heterocycles. The average Bonchev–Trinajstić information content (AvgIpc) is 3.09. The predicted molar refractivity (Wildman–Crippen MR) is 147 cm³/mol. The van der Waals surface area contributed by atoms with E-state index in [0.29, 0.717) is 0 Å². The summed E-state index contributed by atoms with van der Waals surface area (Å²) in [6.07, 6.45) is 0. The van der Waals surface area contributed by atoms with Gasteiger partial charge in [-0.2, -0.15) is 0 Å². The predicted octanol–water partition coefficient (Wildman–Crippen LogP) is 7.65. The van der Waals surface area contributed by atoms with Gasteiger partial charge < -0.3 is 9.88 Å². The Labute approximate surface area is 205 Å². The summed E-state index contributed by atoms with van der Waals surface area (Å²) < 4.78 is 15.6. The SMILES string of the molecule is O=P1(c2cccc(-c3ccccc3)c2)C2=C(c3ccccc3Nc3ccccc32)c2ccccc21. The van der Waals surface area contributed by atoms with Crippen LogP contribution < -0.4 is 15.9 Å². The van der Waals surface area contributed by atoms with Gasteiger partial charge in [-0.1, -0.05) is 109 Å². The minimum absolute atomic E-state index is 0.866. The van der Waals surface area contributed by atoms with Crippen LogP contribution in [0.15, 0.2) is 127 Å². The van der Waals surface area contributed by atoms with Gasteiger partial charge in [-0.05, 0) is 34.9 Å². The van der Waals surface area contributed by atoms with Gasteiger partial charge in [0.05, 0.1) is 0 Å². The summed E-state index contributed by atoms with van der Waals surface area (Å²) >= 11 is 0. The van der Waals surface area contributed by atoms with Crippen molar-refractivity contribution in [3.05, 3.63) is 144 Å². The van der Waals surface area contributed by atoms with E-state index in [1.807, 2.05) is 60.7 Å². The number of hydrogen-bond acceptors (Lipinski definition) is 2. The Balaban J connectivity index is 1.59. The third kappa shape index (κ3) is 2.94. The van der Waals surface area contributed by atoms with Crippen LogP contribution >= 0.6 is 7.14 Å². The van der Waals surface area contributed by atoms with Gasteiger partial charge in [0.15, 0.2) is 7.14 Å². The lowest BCUT2D eigenvalue weighted by atomic mass is 9.95. The molecule has 0 saturated carbocycles. The van der Waals surface area contributed by atoms with Crippen molar-refractivity contribution in [2.24, 2.45) is 0 Å². The summed E-state index contributed by atoms with van der Waals surface area (Å²) in [5.74, 6) is 0. The van der Waals surface area contributed by atoms with E-state index >= 15 is 4.57 Å². The number of hydrogen-bond donors (Lipinski definition) is 1. The Morgan fingerprint density at radius 2 is 1.11 bits per heavy atom. The molecule has 7 rings (SSSR count). The lowest BCUT2D eigenvalue weighted by molar-refractivity contribution is 0.593. The molecule has 2 heterocycles. The van der Waals surface area contributed by atoms with Crippen molar-refractivity contribution >= 4 is 40.0 Å². The van der Waals surface area contributed by atoms with Gasteiger partial charge in [-0.25, -0.2) is 0 Å². The standard InChI is InChI=1S/C32H22NOP/c34-35(24-14-10-13-23(21-24)22-11-2-1-3-12-22)30-20-9-6-17-27(30)31-25-15-4-7-18-28(25)33-29-19-8-5-16-26(29)32(31)35/h1-21,33H. The molecular formula is C32H22NOP. The molecule has 0 spiro atoms. The van der Waals surface area contributed by atoms with Crippen molar-refractivity contribution < 1.29 is 4.57 Å². The van der Waals surface area contributed by atoms with E-state index in [2.05, 4.69) is 72.0 Å². The van der Waals surface area contributed by atoms with Crippen LogP contribution in [0.4, 0.5) is 11.4 Å². The van der Waals surface area contributed by atoms with Gasteiger partial charge in [-0.3, -0.25) is 0 Å². The zero-order chi connectivity index (χ0) is 23.4. The van der Waals surface area contributed by atoms with Crippen LogP contribution in [-0.2, 0) is 4.57 Å². The summed E-state index contributed by atoms with van der Waals surface area (Å²) in [5.41, 5.74) is 8.43. The number of nitrogens with one attached hydrogen (secondary N) is 1. The molecule has 1 unspecified atom stereocenters. The minimum atomic E-state index is -3.17. The molecule has 0 bridgehead atoms. The van der Waals surface area contributed by atoms with Crippen LogP contribution in [0.3, 0.4) is 0 Å². The van der Waals surface area contributed by atoms with Crippen molar-refractivity contribution in [3.8, 4) is 11.1 Å². The first kappa shape index (κ1) is 20.3. The molecule has 2 aliphatic rings. The quantitative estimate of drug-likeness (QED) is 0.270. The molecule has 5 aromatic carbocycles. The normalized spacial score (nSPS) is 17.5. The summed E-state index contributed by atoms with van der Waals surface area (Å²) in [5, 5.41) is 6.34. The highest BCUT2D eigenvalue weighted by atomic mass is 31.2. The van der Waals surface area contributed by atoms with E-state index in [0.717, 1.165) is 60.7 Å². The fourth-order valence-corrected chi connectivity index (χ4v) is 8.78. The highest BCUT2D eigenvalue weighted by molar-refractivity contribution is 7.88. The van der Waals surface area contributed by atoms with Crippen LogP contribution in [0.5, 0.6) is 0 Å². The number of fused-ring (bicyclic) bond motifs is 6. The van der Waals surface area contributed by atoms with Crippen LogP contribution in [0, 0.1) is 0 Å². The smallest absolute Gasteiger partial charge is 0.172 e. The first-order valence-electron chi connectivity index (χ1n) is 11.8. The lowest BCUT2D eigenvalue weighted by Gasteiger charge is -2.21. The fourth-order valence-electron chi connectivity index (χ4n) is 5.48. The van der Waals surface area contributed by atoms with Crippen molar-refractivity contribution in [2.75, 3.05) is 5.32 Å². The second-order valence-corrected chi connectivity index (χ2v) is 11.6. The maximum Gasteiger partial charge on any atom is 0.172 e. The van der Waals surface area contributed by atoms with E-state index in [9.17, 15) is 0 Å². The van der Waals surface area contributed by atoms with Gasteiger partial charge in [0.2, 0.25) is 0 Å². The molecule has 1 N–H and O–H groups in total. The molecule has 35 heavy (non-hydrogen) atoms. The van der Waals surface area contributed by atoms with Crippen LogP contribution in [0.1, 0.15) is 16.7 Å². The maximum atomic E-state index is 15.6. The van der Waals surface area contributed by atoms with Gasteiger partial charge >= 0.3 is 0 Å². The molecule has 3 heteroatoms. The molecule has 0 aliphatic carbocycles. The van der Waals surface area contributed by atoms with Gasteiger partial charge in [0.1, 0.15) is 0 Å². The maximum absolute atomic E-state index is 15.6. The third-order valence-electron chi connectivity index (χ3n) is 7.03. The highest BCUT2D eigenvalue weighted by Crippen LogP contribution is 2.67. The first-order chi connectivity index (χ1) is 17.2. The Morgan fingerprint density at radius 1 is 0.514 bits per heavy atom. The largest absolute Gasteiger partial charge is 0.355 e. The molecule has 2 aliphatic heterocycles. The fraction of sp³-hybridized carbons (Fsp3) is 0. The third-order valence-corrected chi connectivity index (χ3v) is 10.2. The summed E-state index contributed by atoms with van der Waals surface area (Å²) in [7, 11) is -3.17. The Bertz CT molecular complexity index is 1700. The van der Waals surface area contributed by atoms with Crippen LogP contribution in [0.2, 0.25) is 0 Å². The molecule has 5 aromatic rings. The number of rotatable bonds is 2. The number of para-hydroxylation sites is 2. The molecule has 2 nitrogen and oxygen atoms in total. The molecular weight excluding hydrogens is 445 g/mol. The molecule has 0 aromatic heterocycles. The topological polar surface area (TPSA) is 29.1 Å². The average molecular weight is 468 g/mol. The number of anilines is 2. The van der Waals surface area contributed by atoms with E-state index in [-0.39, 0.29) is 0 Å². The number of benzene rings is 5. The summed E-state index contributed by atoms with van der Waals surface area (Å²) in [6.45, 7) is 0. The monoisotopic (exact) mass is 467 g/mol. The second kappa shape index (κ2) is 7.70. The van der Waals surface area contributed by atoms with Crippen LogP contribution in [0.25, 0.3) is 22.0 Å². The zero-order valence-corrected chi connectivity index (χ0v) is 19.9. The van der Waals surface area contributed by atoms with Gasteiger partial charge in [0, 0.05) is 44.0 Å². The Hall–Kier alpha value is -4.13. The van der Waals surface area contributed by atoms with E-state index in [1.165, 1.54) is 0 Å². The molecule has 166 valence electrons. The minimum Gasteiger partial charge on any atom is -0.355 e. The van der Waals surface area contributed by atoms with E-state index < -0.39 is 7.14 Å². The highest BCUT2D eigenvalue weighted by Gasteiger charge is 2.45. The summed E-state index contributed by atoms with van der Waals surface area (Å²) in [6, 6.07) is 43.4. The second-order valence-electron chi connectivity index (χ2n) is 8.98. The summed E-state index contributed by atoms with van der Waals surface area (Å²) in [4.78, 5) is 0. The van der Waals surface area contributed by atoms with Crippen molar-refractivity contribution in [1.82, 2.24) is 0 Å².